The third-order valence-electron chi connectivity index (χ3n) is 5.47. The Bertz CT molecular complexity index is 950. The van der Waals surface area contributed by atoms with Crippen LogP contribution in [-0.2, 0) is 17.9 Å². The Morgan fingerprint density at radius 3 is 2.66 bits per heavy atom. The number of carbonyl (C=O) groups excluding carboxylic acids is 1. The second kappa shape index (κ2) is 9.41. The first-order valence-electron chi connectivity index (χ1n) is 9.96. The number of benzene rings is 2. The first-order chi connectivity index (χ1) is 14.0. The summed E-state index contributed by atoms with van der Waals surface area (Å²) in [6.07, 6.45) is 4.07. The van der Waals surface area contributed by atoms with Crippen LogP contribution in [0, 0.1) is 13.8 Å². The molecule has 0 radical (unpaired) electrons. The molecule has 3 aromatic rings. The van der Waals surface area contributed by atoms with Crippen LogP contribution in [0.1, 0.15) is 40.9 Å². The maximum atomic E-state index is 12.4. The monoisotopic (exact) mass is 391 g/mol. The Morgan fingerprint density at radius 2 is 1.90 bits per heavy atom. The molecule has 1 atom stereocenters. The molecule has 0 aliphatic heterocycles. The van der Waals surface area contributed by atoms with Crippen molar-refractivity contribution >= 4 is 6.09 Å². The van der Waals surface area contributed by atoms with Gasteiger partial charge in [0.15, 0.2) is 6.73 Å². The first kappa shape index (κ1) is 20.6. The fourth-order valence-electron chi connectivity index (χ4n) is 3.46. The topological polar surface area (TPSA) is 47.4 Å². The fourth-order valence-corrected chi connectivity index (χ4v) is 3.46. The van der Waals surface area contributed by atoms with Gasteiger partial charge in [-0.05, 0) is 42.5 Å². The lowest BCUT2D eigenvalue weighted by Crippen LogP contribution is -2.30. The zero-order valence-corrected chi connectivity index (χ0v) is 17.6. The average molecular weight is 392 g/mol. The molecular formula is C24H29N3O2. The molecule has 1 amide bonds. The second-order valence-electron chi connectivity index (χ2n) is 7.46. The van der Waals surface area contributed by atoms with Crippen molar-refractivity contribution in [2.75, 3.05) is 13.6 Å². The maximum absolute atomic E-state index is 12.4. The van der Waals surface area contributed by atoms with Gasteiger partial charge in [-0.25, -0.2) is 9.78 Å². The van der Waals surface area contributed by atoms with Crippen molar-refractivity contribution < 1.29 is 9.53 Å². The number of rotatable bonds is 7. The van der Waals surface area contributed by atoms with Crippen LogP contribution in [0.4, 0.5) is 4.79 Å². The van der Waals surface area contributed by atoms with E-state index in [9.17, 15) is 4.79 Å². The van der Waals surface area contributed by atoms with E-state index in [4.69, 9.17) is 4.74 Å². The standard InChI is InChI=1S/C24H29N3O2/c1-18-9-8-12-22(19(18)2)20(3)23-25-14-16-27(23)17-29-24(28)26(4)15-13-21-10-6-5-7-11-21/h5-12,14,16,20H,13,15,17H2,1-4H3. The number of aryl methyl sites for hydroxylation is 1. The Morgan fingerprint density at radius 1 is 1.14 bits per heavy atom. The molecule has 152 valence electrons. The molecule has 0 saturated carbocycles. The molecule has 1 unspecified atom stereocenters. The Hall–Kier alpha value is -3.08. The molecule has 0 aliphatic rings. The molecule has 0 aliphatic carbocycles. The second-order valence-corrected chi connectivity index (χ2v) is 7.46. The van der Waals surface area contributed by atoms with Crippen LogP contribution in [0.3, 0.4) is 0 Å². The van der Waals surface area contributed by atoms with Gasteiger partial charge in [0.05, 0.1) is 0 Å². The van der Waals surface area contributed by atoms with Gasteiger partial charge in [-0.2, -0.15) is 0 Å². The lowest BCUT2D eigenvalue weighted by Gasteiger charge is -2.20. The molecule has 1 aromatic heterocycles. The largest absolute Gasteiger partial charge is 0.428 e. The number of nitrogens with zero attached hydrogens (tertiary/aromatic N) is 3. The van der Waals surface area contributed by atoms with Gasteiger partial charge in [0.1, 0.15) is 5.82 Å². The van der Waals surface area contributed by atoms with E-state index in [1.165, 1.54) is 22.3 Å². The number of aromatic nitrogens is 2. The summed E-state index contributed by atoms with van der Waals surface area (Å²) in [5.74, 6) is 0.998. The number of hydrogen-bond donors (Lipinski definition) is 0. The number of amides is 1. The van der Waals surface area contributed by atoms with Crippen molar-refractivity contribution in [3.05, 3.63) is 89.0 Å². The van der Waals surface area contributed by atoms with Crippen molar-refractivity contribution in [3.63, 3.8) is 0 Å². The summed E-state index contributed by atoms with van der Waals surface area (Å²) in [6.45, 7) is 7.15. The van der Waals surface area contributed by atoms with Crippen molar-refractivity contribution in [2.24, 2.45) is 0 Å². The first-order valence-corrected chi connectivity index (χ1v) is 9.96. The summed E-state index contributed by atoms with van der Waals surface area (Å²) in [5.41, 5.74) is 4.97. The summed E-state index contributed by atoms with van der Waals surface area (Å²) in [7, 11) is 1.76. The van der Waals surface area contributed by atoms with Gasteiger partial charge < -0.3 is 14.2 Å². The highest BCUT2D eigenvalue weighted by Crippen LogP contribution is 2.27. The molecule has 0 N–H and O–H groups in total. The molecule has 1 heterocycles. The minimum absolute atomic E-state index is 0.111. The molecule has 2 aromatic carbocycles. The number of carbonyl (C=O) groups is 1. The van der Waals surface area contributed by atoms with E-state index in [2.05, 4.69) is 56.1 Å². The zero-order valence-electron chi connectivity index (χ0n) is 17.6. The summed E-state index contributed by atoms with van der Waals surface area (Å²) >= 11 is 0. The van der Waals surface area contributed by atoms with Gasteiger partial charge in [-0.1, -0.05) is 55.5 Å². The van der Waals surface area contributed by atoms with Crippen LogP contribution >= 0.6 is 0 Å². The zero-order chi connectivity index (χ0) is 20.8. The van der Waals surface area contributed by atoms with Crippen molar-refractivity contribution in [2.45, 2.75) is 39.8 Å². The van der Waals surface area contributed by atoms with Crippen molar-refractivity contribution in [1.29, 1.82) is 0 Å². The van der Waals surface area contributed by atoms with Crippen LogP contribution in [-0.4, -0.2) is 34.1 Å². The van der Waals surface area contributed by atoms with Gasteiger partial charge >= 0.3 is 6.09 Å². The predicted octanol–water partition coefficient (Wildman–Crippen LogP) is 4.92. The molecule has 29 heavy (non-hydrogen) atoms. The third kappa shape index (κ3) is 5.05. The SMILES string of the molecule is Cc1cccc(C(C)c2nccn2COC(=O)N(C)CCc2ccccc2)c1C. The van der Waals surface area contributed by atoms with Crippen LogP contribution in [0.15, 0.2) is 60.9 Å². The lowest BCUT2D eigenvalue weighted by atomic mass is 9.93. The van der Waals surface area contributed by atoms with E-state index in [1.54, 1.807) is 18.1 Å². The van der Waals surface area contributed by atoms with Crippen LogP contribution < -0.4 is 0 Å². The van der Waals surface area contributed by atoms with Crippen molar-refractivity contribution in [3.8, 4) is 0 Å². The fraction of sp³-hybridized carbons (Fsp3) is 0.333. The van der Waals surface area contributed by atoms with E-state index in [0.29, 0.717) is 6.54 Å². The van der Waals surface area contributed by atoms with E-state index in [0.717, 1.165) is 12.2 Å². The van der Waals surface area contributed by atoms with Gasteiger partial charge in [-0.15, -0.1) is 0 Å². The normalized spacial score (nSPS) is 11.9. The molecule has 0 bridgehead atoms. The molecule has 3 rings (SSSR count). The highest BCUT2D eigenvalue weighted by molar-refractivity contribution is 5.67. The summed E-state index contributed by atoms with van der Waals surface area (Å²) in [5, 5.41) is 0. The quantitative estimate of drug-likeness (QED) is 0.574. The number of hydrogen-bond acceptors (Lipinski definition) is 3. The van der Waals surface area contributed by atoms with E-state index in [-0.39, 0.29) is 18.7 Å². The van der Waals surface area contributed by atoms with E-state index >= 15 is 0 Å². The average Bonchev–Trinajstić information content (AvgIpc) is 3.21. The number of ether oxygens (including phenoxy) is 1. The molecular weight excluding hydrogens is 362 g/mol. The molecule has 5 nitrogen and oxygen atoms in total. The molecule has 0 saturated heterocycles. The third-order valence-corrected chi connectivity index (χ3v) is 5.47. The van der Waals surface area contributed by atoms with E-state index in [1.807, 2.05) is 29.0 Å². The Kier molecular flexibility index (Phi) is 6.70. The van der Waals surface area contributed by atoms with Crippen LogP contribution in [0.25, 0.3) is 0 Å². The van der Waals surface area contributed by atoms with E-state index < -0.39 is 0 Å². The van der Waals surface area contributed by atoms with Crippen LogP contribution in [0.2, 0.25) is 0 Å². The number of imidazole rings is 1. The van der Waals surface area contributed by atoms with Gasteiger partial charge in [0.25, 0.3) is 0 Å². The highest BCUT2D eigenvalue weighted by Gasteiger charge is 2.18. The summed E-state index contributed by atoms with van der Waals surface area (Å²) < 4.78 is 7.43. The van der Waals surface area contributed by atoms with Gasteiger partial charge in [-0.3, -0.25) is 0 Å². The number of likely N-dealkylation sites (N-methyl/N-ethyl adjacent to an activating group) is 1. The summed E-state index contributed by atoms with van der Waals surface area (Å²) in [4.78, 5) is 18.5. The minimum atomic E-state index is -0.333. The maximum Gasteiger partial charge on any atom is 0.411 e. The predicted molar refractivity (Wildman–Crippen MR) is 115 cm³/mol. The van der Waals surface area contributed by atoms with Crippen molar-refractivity contribution in [1.82, 2.24) is 14.5 Å². The lowest BCUT2D eigenvalue weighted by molar-refractivity contribution is 0.0818. The Labute approximate surface area is 173 Å². The molecule has 5 heteroatoms. The Balaban J connectivity index is 1.59. The minimum Gasteiger partial charge on any atom is -0.428 e. The highest BCUT2D eigenvalue weighted by atomic mass is 16.6. The van der Waals surface area contributed by atoms with Gasteiger partial charge in [0.2, 0.25) is 0 Å². The molecule has 0 spiro atoms. The molecule has 0 fully saturated rings. The van der Waals surface area contributed by atoms with Gasteiger partial charge in [0, 0.05) is 31.9 Å². The smallest absolute Gasteiger partial charge is 0.411 e. The summed E-state index contributed by atoms with van der Waals surface area (Å²) in [6, 6.07) is 16.4. The van der Waals surface area contributed by atoms with Crippen LogP contribution in [0.5, 0.6) is 0 Å².